The first-order chi connectivity index (χ1) is 19.3. The van der Waals surface area contributed by atoms with Gasteiger partial charge in [-0.2, -0.15) is 0 Å². The Morgan fingerprint density at radius 3 is 2.68 bits per heavy atom. The van der Waals surface area contributed by atoms with Gasteiger partial charge in [0.05, 0.1) is 18.8 Å². The third-order valence-corrected chi connectivity index (χ3v) is 10.6. The lowest BCUT2D eigenvalue weighted by Gasteiger charge is -2.63. The summed E-state index contributed by atoms with van der Waals surface area (Å²) in [7, 11) is 3.22. The quantitative estimate of drug-likeness (QED) is 0.400. The Balaban J connectivity index is 1.48. The number of carbonyl (C=O) groups is 3. The number of rotatable bonds is 9. The smallest absolute Gasteiger partial charge is 0.238 e. The number of carbonyl (C=O) groups excluding carboxylic acids is 3. The van der Waals surface area contributed by atoms with Gasteiger partial charge in [0.25, 0.3) is 0 Å². The van der Waals surface area contributed by atoms with Crippen LogP contribution in [0.15, 0.2) is 23.8 Å². The van der Waals surface area contributed by atoms with Crippen molar-refractivity contribution < 1.29 is 42.5 Å². The van der Waals surface area contributed by atoms with E-state index >= 15 is 8.78 Å². The molecule has 3 saturated carbocycles. The van der Waals surface area contributed by atoms with Crippen LogP contribution in [0.4, 0.5) is 8.78 Å². The molecule has 11 heteroatoms. The number of Topliss-reactive ketones (excluding diaryl/α,β-unsaturated/α-hetero) is 1. The number of hydrogen-bond acceptors (Lipinski definition) is 8. The van der Waals surface area contributed by atoms with Crippen molar-refractivity contribution in [1.82, 2.24) is 10.2 Å². The van der Waals surface area contributed by atoms with Crippen LogP contribution in [0.2, 0.25) is 0 Å². The van der Waals surface area contributed by atoms with E-state index in [0.717, 1.165) is 12.5 Å². The normalized spacial score (nSPS) is 44.5. The van der Waals surface area contributed by atoms with E-state index in [1.54, 1.807) is 21.0 Å². The van der Waals surface area contributed by atoms with Crippen LogP contribution in [0.25, 0.3) is 0 Å². The van der Waals surface area contributed by atoms with Crippen LogP contribution in [-0.4, -0.2) is 97.4 Å². The summed E-state index contributed by atoms with van der Waals surface area (Å²) >= 11 is 0. The SMILES string of the molecule is CCCC1O[C@@H]2C[C@H]3[C@@H]4C[C@H](F)C5=CC(=O)C=C[C@]5(C)[C@@]4(F)[C@@H](O)C[C@]3(C)[C@]2(C(=O)COCN(C)C(=O)CNC)O1. The predicted molar refractivity (Wildman–Crippen MR) is 144 cm³/mol. The van der Waals surface area contributed by atoms with Crippen molar-refractivity contribution in [3.8, 4) is 0 Å². The molecular weight excluding hydrogens is 538 g/mol. The van der Waals surface area contributed by atoms with E-state index in [1.165, 1.54) is 17.1 Å². The van der Waals surface area contributed by atoms with Gasteiger partial charge in [0.2, 0.25) is 5.91 Å². The number of nitrogens with zero attached hydrogens (tertiary/aromatic N) is 1. The lowest BCUT2D eigenvalue weighted by atomic mass is 9.44. The minimum atomic E-state index is -2.26. The Hall–Kier alpha value is -2.05. The first-order valence-corrected chi connectivity index (χ1v) is 14.6. The van der Waals surface area contributed by atoms with E-state index in [4.69, 9.17) is 14.2 Å². The molecule has 1 aliphatic heterocycles. The molecule has 0 aromatic rings. The molecule has 0 aromatic carbocycles. The van der Waals surface area contributed by atoms with E-state index in [1.807, 2.05) is 13.8 Å². The first kappa shape index (κ1) is 30.4. The van der Waals surface area contributed by atoms with Crippen molar-refractivity contribution in [2.75, 3.05) is 34.0 Å². The number of ketones is 2. The average Bonchev–Trinajstić information content (AvgIpc) is 3.39. The van der Waals surface area contributed by atoms with E-state index in [2.05, 4.69) is 5.32 Å². The van der Waals surface area contributed by atoms with E-state index in [9.17, 15) is 19.5 Å². The second-order valence-corrected chi connectivity index (χ2v) is 12.8. The molecule has 228 valence electrons. The fourth-order valence-electron chi connectivity index (χ4n) is 8.63. The van der Waals surface area contributed by atoms with Crippen molar-refractivity contribution in [3.63, 3.8) is 0 Å². The maximum Gasteiger partial charge on any atom is 0.238 e. The molecular formula is C30H42F2N2O7. The number of hydrogen-bond donors (Lipinski definition) is 2. The van der Waals surface area contributed by atoms with E-state index in [-0.39, 0.29) is 50.6 Å². The highest BCUT2D eigenvalue weighted by Gasteiger charge is 2.80. The van der Waals surface area contributed by atoms with Gasteiger partial charge in [-0.05, 0) is 63.3 Å². The molecule has 9 nitrogen and oxygen atoms in total. The molecule has 2 N–H and O–H groups in total. The zero-order valence-corrected chi connectivity index (χ0v) is 24.5. The lowest BCUT2D eigenvalue weighted by Crippen LogP contribution is -2.71. The topological polar surface area (TPSA) is 114 Å². The molecule has 0 radical (unpaired) electrons. The molecule has 0 bridgehead atoms. The number of aliphatic hydroxyl groups excluding tert-OH is 1. The van der Waals surface area contributed by atoms with Gasteiger partial charge in [0, 0.05) is 23.8 Å². The third kappa shape index (κ3) is 4.21. The van der Waals surface area contributed by atoms with Gasteiger partial charge in [0.1, 0.15) is 19.5 Å². The zero-order chi connectivity index (χ0) is 30.0. The van der Waals surface area contributed by atoms with Crippen LogP contribution in [0.5, 0.6) is 0 Å². The number of fused-ring (bicyclic) bond motifs is 7. The maximum atomic E-state index is 17.5. The Morgan fingerprint density at radius 2 is 2.00 bits per heavy atom. The van der Waals surface area contributed by atoms with Gasteiger partial charge in [-0.1, -0.05) is 26.3 Å². The minimum Gasteiger partial charge on any atom is -0.390 e. The van der Waals surface area contributed by atoms with Crippen molar-refractivity contribution in [1.29, 1.82) is 0 Å². The zero-order valence-electron chi connectivity index (χ0n) is 24.5. The van der Waals surface area contributed by atoms with Crippen molar-refractivity contribution in [2.24, 2.45) is 22.7 Å². The van der Waals surface area contributed by atoms with Gasteiger partial charge in [0.15, 0.2) is 29.1 Å². The molecule has 1 unspecified atom stereocenters. The van der Waals surface area contributed by atoms with E-state index < -0.39 is 70.2 Å². The van der Waals surface area contributed by atoms with Crippen LogP contribution in [0.3, 0.4) is 0 Å². The summed E-state index contributed by atoms with van der Waals surface area (Å²) in [5.41, 5.74) is -6.34. The highest BCUT2D eigenvalue weighted by atomic mass is 19.1. The standard InChI is InChI=1S/C30H42F2N2O7/c1-6-7-26-40-24-12-18-19-11-21(31)20-10-17(35)8-9-27(20,2)29(19,32)22(36)13-28(18,3)30(24,41-26)23(37)15-39-16-34(5)25(38)14-33-4/h8-10,18-19,21-22,24,26,33,36H,6-7,11-16H2,1-5H3/t18-,19-,21-,22-,24+,26?,27-,28-,29-,30+/m0/s1. The fraction of sp³-hybridized carbons (Fsp3) is 0.767. The fourth-order valence-corrected chi connectivity index (χ4v) is 8.63. The molecule has 1 saturated heterocycles. The highest BCUT2D eigenvalue weighted by Crippen LogP contribution is 2.72. The summed E-state index contributed by atoms with van der Waals surface area (Å²) < 4.78 is 51.7. The number of nitrogens with one attached hydrogen (secondary N) is 1. The Kier molecular flexibility index (Phi) is 7.85. The van der Waals surface area contributed by atoms with Gasteiger partial charge in [-0.15, -0.1) is 0 Å². The first-order valence-electron chi connectivity index (χ1n) is 14.6. The Bertz CT molecular complexity index is 1160. The largest absolute Gasteiger partial charge is 0.390 e. The summed E-state index contributed by atoms with van der Waals surface area (Å²) in [5, 5.41) is 14.4. The maximum absolute atomic E-state index is 17.5. The summed E-state index contributed by atoms with van der Waals surface area (Å²) in [6.07, 6.45) is 0.507. The van der Waals surface area contributed by atoms with Crippen LogP contribution >= 0.6 is 0 Å². The summed E-state index contributed by atoms with van der Waals surface area (Å²) in [4.78, 5) is 39.7. The van der Waals surface area contributed by atoms with Crippen LogP contribution in [-0.2, 0) is 28.6 Å². The molecule has 5 aliphatic rings. The second-order valence-electron chi connectivity index (χ2n) is 12.8. The molecule has 10 atom stereocenters. The van der Waals surface area contributed by atoms with Crippen molar-refractivity contribution in [2.45, 2.75) is 88.8 Å². The number of alkyl halides is 2. The Morgan fingerprint density at radius 1 is 1.27 bits per heavy atom. The summed E-state index contributed by atoms with van der Waals surface area (Å²) in [5.74, 6) is -2.51. The Labute approximate surface area is 239 Å². The number of aliphatic hydroxyl groups is 1. The molecule has 41 heavy (non-hydrogen) atoms. The predicted octanol–water partition coefficient (Wildman–Crippen LogP) is 2.42. The molecule has 1 heterocycles. The number of amides is 1. The highest BCUT2D eigenvalue weighted by molar-refractivity contribution is 6.01. The third-order valence-electron chi connectivity index (χ3n) is 10.6. The summed E-state index contributed by atoms with van der Waals surface area (Å²) in [6.45, 7) is 4.97. The minimum absolute atomic E-state index is 0.0521. The summed E-state index contributed by atoms with van der Waals surface area (Å²) in [6, 6.07) is 0. The van der Waals surface area contributed by atoms with Gasteiger partial charge in [-0.3, -0.25) is 14.4 Å². The molecule has 4 fully saturated rings. The monoisotopic (exact) mass is 580 g/mol. The number of likely N-dealkylation sites (N-methyl/N-ethyl adjacent to an activating group) is 2. The number of allylic oxidation sites excluding steroid dienone is 4. The molecule has 1 amide bonds. The van der Waals surface area contributed by atoms with Crippen LogP contribution in [0.1, 0.15) is 52.9 Å². The second kappa shape index (κ2) is 10.6. The van der Waals surface area contributed by atoms with Gasteiger partial charge < -0.3 is 29.5 Å². The van der Waals surface area contributed by atoms with Crippen LogP contribution < -0.4 is 5.32 Å². The van der Waals surface area contributed by atoms with Gasteiger partial charge in [-0.25, -0.2) is 8.78 Å². The molecule has 0 spiro atoms. The van der Waals surface area contributed by atoms with Gasteiger partial charge >= 0.3 is 0 Å². The molecule has 5 rings (SSSR count). The average molecular weight is 581 g/mol. The number of ether oxygens (including phenoxy) is 3. The molecule has 4 aliphatic carbocycles. The lowest BCUT2D eigenvalue weighted by molar-refractivity contribution is -0.235. The van der Waals surface area contributed by atoms with Crippen LogP contribution in [0, 0.1) is 22.7 Å². The van der Waals surface area contributed by atoms with E-state index in [0.29, 0.717) is 6.42 Å². The van der Waals surface area contributed by atoms with Crippen molar-refractivity contribution >= 4 is 17.5 Å². The van der Waals surface area contributed by atoms with Crippen molar-refractivity contribution in [3.05, 3.63) is 23.8 Å². The number of halogens is 2. The molecule has 0 aromatic heterocycles.